The maximum atomic E-state index is 10.7. The lowest BCUT2D eigenvalue weighted by molar-refractivity contribution is -0.287. The smallest absolute Gasteiger partial charge is 0.204 e. The van der Waals surface area contributed by atoms with Crippen LogP contribution in [-0.2, 0) is 14.2 Å². The van der Waals surface area contributed by atoms with E-state index < -0.39 is 17.5 Å². The quantitative estimate of drug-likeness (QED) is 0.720. The van der Waals surface area contributed by atoms with E-state index in [-0.39, 0.29) is 18.4 Å². The van der Waals surface area contributed by atoms with E-state index in [0.717, 1.165) is 11.1 Å². The van der Waals surface area contributed by atoms with Crippen LogP contribution in [0.3, 0.4) is 0 Å². The average Bonchev–Trinajstić information content (AvgIpc) is 2.97. The topological polar surface area (TPSA) is 66.4 Å². The molecular formula is C22H30O6. The third kappa shape index (κ3) is 2.95. The number of aliphatic hydroxyl groups excluding tert-OH is 1. The molecule has 28 heavy (non-hydrogen) atoms. The molecule has 1 aromatic rings. The third-order valence-electron chi connectivity index (χ3n) is 6.12. The average molecular weight is 390 g/mol. The number of hydrogen-bond acceptors (Lipinski definition) is 6. The summed E-state index contributed by atoms with van der Waals surface area (Å²) in [5, 5.41) is 10.7. The summed E-state index contributed by atoms with van der Waals surface area (Å²) < 4.78 is 29.2. The Bertz CT molecular complexity index is 759. The number of aliphatic hydroxyl groups is 1. The molecule has 6 nitrogen and oxygen atoms in total. The molecule has 0 unspecified atom stereocenters. The molecule has 0 aromatic heterocycles. The Morgan fingerprint density at radius 2 is 1.89 bits per heavy atom. The van der Waals surface area contributed by atoms with Gasteiger partial charge in [-0.1, -0.05) is 19.1 Å². The van der Waals surface area contributed by atoms with E-state index in [4.69, 9.17) is 23.7 Å². The van der Waals surface area contributed by atoms with Crippen molar-refractivity contribution in [3.05, 3.63) is 48.1 Å². The molecule has 5 atom stereocenters. The van der Waals surface area contributed by atoms with E-state index >= 15 is 0 Å². The number of allylic oxidation sites excluding steroid dienone is 1. The van der Waals surface area contributed by atoms with Crippen LogP contribution in [-0.4, -0.2) is 51.0 Å². The lowest BCUT2D eigenvalue weighted by atomic mass is 9.72. The summed E-state index contributed by atoms with van der Waals surface area (Å²) in [4.78, 5) is 0. The van der Waals surface area contributed by atoms with Crippen molar-refractivity contribution in [2.45, 2.75) is 43.4 Å². The second-order valence-corrected chi connectivity index (χ2v) is 7.33. The van der Waals surface area contributed by atoms with Gasteiger partial charge >= 0.3 is 0 Å². The van der Waals surface area contributed by atoms with E-state index in [2.05, 4.69) is 13.5 Å². The van der Waals surface area contributed by atoms with E-state index in [1.807, 2.05) is 24.3 Å². The number of benzene rings is 1. The van der Waals surface area contributed by atoms with Gasteiger partial charge in [-0.2, -0.15) is 0 Å². The van der Waals surface area contributed by atoms with Crippen molar-refractivity contribution in [1.82, 2.24) is 0 Å². The lowest BCUT2D eigenvalue weighted by Gasteiger charge is -2.47. The first kappa shape index (κ1) is 20.9. The molecule has 0 spiro atoms. The first-order valence-electron chi connectivity index (χ1n) is 9.42. The minimum absolute atomic E-state index is 0.0807. The van der Waals surface area contributed by atoms with Crippen molar-refractivity contribution < 1.29 is 28.8 Å². The molecule has 0 saturated carbocycles. The highest BCUT2D eigenvalue weighted by Gasteiger charge is 2.67. The second-order valence-electron chi connectivity index (χ2n) is 7.33. The monoisotopic (exact) mass is 390 g/mol. The molecule has 0 radical (unpaired) electrons. The fourth-order valence-corrected chi connectivity index (χ4v) is 4.62. The van der Waals surface area contributed by atoms with Crippen LogP contribution in [0.4, 0.5) is 0 Å². The van der Waals surface area contributed by atoms with Crippen LogP contribution in [0.15, 0.2) is 42.5 Å². The van der Waals surface area contributed by atoms with Gasteiger partial charge in [0.05, 0.1) is 26.4 Å². The first-order valence-corrected chi connectivity index (χ1v) is 9.42. The SMILES string of the molecule is C=CCC1=C[C@]2(OC)[C@H](C)[C@@H](c3ccc(OC)c(OC)c3)O[C@]2(OC)C[C@@H]1O. The fourth-order valence-electron chi connectivity index (χ4n) is 4.62. The second kappa shape index (κ2) is 7.87. The van der Waals surface area contributed by atoms with Crippen LogP contribution in [0.1, 0.15) is 31.4 Å². The van der Waals surface area contributed by atoms with Crippen molar-refractivity contribution in [1.29, 1.82) is 0 Å². The molecule has 154 valence electrons. The van der Waals surface area contributed by atoms with Crippen LogP contribution in [0.25, 0.3) is 0 Å². The van der Waals surface area contributed by atoms with E-state index in [9.17, 15) is 5.11 Å². The highest BCUT2D eigenvalue weighted by molar-refractivity contribution is 5.45. The minimum atomic E-state index is -1.09. The van der Waals surface area contributed by atoms with E-state index in [0.29, 0.717) is 17.9 Å². The number of fused-ring (bicyclic) bond motifs is 1. The third-order valence-corrected chi connectivity index (χ3v) is 6.12. The zero-order valence-corrected chi connectivity index (χ0v) is 17.2. The summed E-state index contributed by atoms with van der Waals surface area (Å²) in [7, 11) is 6.46. The molecule has 1 N–H and O–H groups in total. The molecule has 1 aliphatic heterocycles. The van der Waals surface area contributed by atoms with Gasteiger partial charge in [0.2, 0.25) is 5.79 Å². The Hall–Kier alpha value is -1.86. The van der Waals surface area contributed by atoms with Crippen molar-refractivity contribution in [2.24, 2.45) is 5.92 Å². The maximum absolute atomic E-state index is 10.7. The van der Waals surface area contributed by atoms with Crippen LogP contribution in [0.5, 0.6) is 11.5 Å². The molecular weight excluding hydrogens is 360 g/mol. The molecule has 6 heteroatoms. The van der Waals surface area contributed by atoms with Gasteiger partial charge < -0.3 is 28.8 Å². The zero-order valence-electron chi connectivity index (χ0n) is 17.2. The lowest BCUT2D eigenvalue weighted by Crippen LogP contribution is -2.59. The number of ether oxygens (including phenoxy) is 5. The van der Waals surface area contributed by atoms with Crippen molar-refractivity contribution >= 4 is 0 Å². The van der Waals surface area contributed by atoms with Crippen LogP contribution in [0, 0.1) is 5.92 Å². The Balaban J connectivity index is 2.09. The standard InChI is InChI=1S/C22H30O6/c1-7-8-16-12-21(26-5)14(2)20(28-22(21,27-6)13-17(16)23)15-9-10-18(24-3)19(11-15)25-4/h7,9-12,14,17,20,23H,1,8,13H2,2-6H3/t14-,17+,20+,21+,22-/m1/s1. The maximum Gasteiger partial charge on any atom is 0.204 e. The highest BCUT2D eigenvalue weighted by atomic mass is 16.7. The van der Waals surface area contributed by atoms with Gasteiger partial charge in [-0.05, 0) is 35.8 Å². The number of rotatable bonds is 7. The molecule has 3 rings (SSSR count). The Morgan fingerprint density at radius 3 is 2.46 bits per heavy atom. The molecule has 0 amide bonds. The van der Waals surface area contributed by atoms with Crippen molar-refractivity contribution in [3.8, 4) is 11.5 Å². The predicted molar refractivity (Wildman–Crippen MR) is 106 cm³/mol. The zero-order chi connectivity index (χ0) is 20.5. The molecule has 1 heterocycles. The van der Waals surface area contributed by atoms with E-state index in [1.165, 1.54) is 0 Å². The number of hydrogen-bond donors (Lipinski definition) is 1. The van der Waals surface area contributed by atoms with Crippen molar-refractivity contribution in [3.63, 3.8) is 0 Å². The van der Waals surface area contributed by atoms with Gasteiger partial charge in [0.15, 0.2) is 11.5 Å². The van der Waals surface area contributed by atoms with Crippen LogP contribution >= 0.6 is 0 Å². The molecule has 1 aromatic carbocycles. The summed E-state index contributed by atoms with van der Waals surface area (Å²) >= 11 is 0. The van der Waals surface area contributed by atoms with Gasteiger partial charge in [0.1, 0.15) is 5.60 Å². The summed E-state index contributed by atoms with van der Waals surface area (Å²) in [5.41, 5.74) is 0.963. The first-order chi connectivity index (χ1) is 13.4. The van der Waals surface area contributed by atoms with Crippen LogP contribution < -0.4 is 9.47 Å². The van der Waals surface area contributed by atoms with Gasteiger partial charge in [-0.3, -0.25) is 0 Å². The predicted octanol–water partition coefficient (Wildman–Crippen LogP) is 3.41. The fraction of sp³-hybridized carbons (Fsp3) is 0.545. The van der Waals surface area contributed by atoms with Crippen molar-refractivity contribution in [2.75, 3.05) is 28.4 Å². The summed E-state index contributed by atoms with van der Waals surface area (Å²) in [6.45, 7) is 5.87. The van der Waals surface area contributed by atoms with Gasteiger partial charge in [-0.15, -0.1) is 6.58 Å². The largest absolute Gasteiger partial charge is 0.493 e. The molecule has 1 saturated heterocycles. The Kier molecular flexibility index (Phi) is 5.87. The summed E-state index contributed by atoms with van der Waals surface area (Å²) in [6.07, 6.45) is 3.62. The molecule has 1 fully saturated rings. The minimum Gasteiger partial charge on any atom is -0.493 e. The summed E-state index contributed by atoms with van der Waals surface area (Å²) in [5.74, 6) is 0.110. The highest BCUT2D eigenvalue weighted by Crippen LogP contribution is 2.58. The van der Waals surface area contributed by atoms with Gasteiger partial charge in [0.25, 0.3) is 0 Å². The molecule has 1 aliphatic carbocycles. The van der Waals surface area contributed by atoms with Gasteiger partial charge in [-0.25, -0.2) is 0 Å². The normalized spacial score (nSPS) is 34.5. The van der Waals surface area contributed by atoms with E-state index in [1.54, 1.807) is 34.5 Å². The molecule has 0 bridgehead atoms. The Labute approximate surface area is 166 Å². The Morgan fingerprint density at radius 1 is 1.18 bits per heavy atom. The molecule has 2 aliphatic rings. The van der Waals surface area contributed by atoms with Gasteiger partial charge in [0, 0.05) is 26.6 Å². The number of methoxy groups -OCH3 is 4. The van der Waals surface area contributed by atoms with Crippen LogP contribution in [0.2, 0.25) is 0 Å². The summed E-state index contributed by atoms with van der Waals surface area (Å²) in [6, 6.07) is 5.73.